The molecule has 1 aliphatic heterocycles. The van der Waals surface area contributed by atoms with Crippen LogP contribution in [0.2, 0.25) is 0 Å². The van der Waals surface area contributed by atoms with Crippen molar-refractivity contribution in [2.45, 2.75) is 12.1 Å². The number of H-pyrrole nitrogens is 1. The van der Waals surface area contributed by atoms with Gasteiger partial charge in [-0.2, -0.15) is 0 Å². The lowest BCUT2D eigenvalue weighted by molar-refractivity contribution is 0.566. The maximum Gasteiger partial charge on any atom is 0.131 e. The van der Waals surface area contributed by atoms with E-state index in [1.54, 1.807) is 0 Å². The fourth-order valence-corrected chi connectivity index (χ4v) is 4.78. The Kier molecular flexibility index (Phi) is 3.14. The molecule has 0 saturated heterocycles. The van der Waals surface area contributed by atoms with Crippen molar-refractivity contribution >= 4 is 32.7 Å². The molecule has 130 valence electrons. The summed E-state index contributed by atoms with van der Waals surface area (Å²) >= 11 is 3.59. The lowest BCUT2D eigenvalue weighted by atomic mass is 9.80. The van der Waals surface area contributed by atoms with Gasteiger partial charge in [0.2, 0.25) is 0 Å². The first-order valence-corrected chi connectivity index (χ1v) is 9.88. The maximum atomic E-state index is 5.14. The number of halogens is 1. The van der Waals surface area contributed by atoms with Gasteiger partial charge in [-0.05, 0) is 40.5 Å². The summed E-state index contributed by atoms with van der Waals surface area (Å²) in [7, 11) is 0. The van der Waals surface area contributed by atoms with Gasteiger partial charge in [-0.3, -0.25) is 4.99 Å². The van der Waals surface area contributed by atoms with Gasteiger partial charge in [-0.15, -0.1) is 0 Å². The molecule has 3 aromatic carbocycles. The zero-order chi connectivity index (χ0) is 18.0. The number of rotatable bonds is 1. The van der Waals surface area contributed by atoms with Crippen LogP contribution in [-0.4, -0.2) is 10.8 Å². The summed E-state index contributed by atoms with van der Waals surface area (Å²) in [4.78, 5) is 8.51. The molecule has 1 aliphatic carbocycles. The van der Waals surface area contributed by atoms with E-state index in [1.165, 1.54) is 27.6 Å². The molecule has 1 aromatic heterocycles. The van der Waals surface area contributed by atoms with E-state index in [2.05, 4.69) is 99.2 Å². The molecule has 27 heavy (non-hydrogen) atoms. The Morgan fingerprint density at radius 2 is 1.56 bits per heavy atom. The molecule has 0 radical (unpaired) electrons. The van der Waals surface area contributed by atoms with Crippen LogP contribution >= 0.6 is 15.9 Å². The van der Waals surface area contributed by atoms with Gasteiger partial charge in [0.05, 0.1) is 6.04 Å². The second-order valence-corrected chi connectivity index (χ2v) is 8.03. The van der Waals surface area contributed by atoms with E-state index in [4.69, 9.17) is 4.99 Å². The summed E-state index contributed by atoms with van der Waals surface area (Å²) in [6.07, 6.45) is 2.05. The summed E-state index contributed by atoms with van der Waals surface area (Å²) in [6, 6.07) is 23.9. The number of aromatic nitrogens is 1. The number of amidine groups is 1. The van der Waals surface area contributed by atoms with Crippen molar-refractivity contribution in [2.75, 3.05) is 0 Å². The number of hydrogen-bond acceptors (Lipinski definition) is 2. The van der Waals surface area contributed by atoms with Crippen molar-refractivity contribution < 1.29 is 0 Å². The maximum absolute atomic E-state index is 5.14. The van der Waals surface area contributed by atoms with Gasteiger partial charge >= 0.3 is 0 Å². The Morgan fingerprint density at radius 3 is 2.41 bits per heavy atom. The molecule has 2 aliphatic rings. The molecule has 0 bridgehead atoms. The van der Waals surface area contributed by atoms with Gasteiger partial charge in [0.15, 0.2) is 0 Å². The fourth-order valence-electron chi connectivity index (χ4n) is 4.42. The van der Waals surface area contributed by atoms with Crippen molar-refractivity contribution in [3.8, 4) is 11.1 Å². The van der Waals surface area contributed by atoms with E-state index in [9.17, 15) is 0 Å². The number of hydrogen-bond donors (Lipinski definition) is 2. The number of aliphatic imine (C=N–C) groups is 1. The first kappa shape index (κ1) is 15.2. The Morgan fingerprint density at radius 1 is 0.815 bits per heavy atom. The molecule has 0 fully saturated rings. The number of nitrogens with zero attached hydrogens (tertiary/aromatic N) is 1. The highest BCUT2D eigenvalue weighted by Crippen LogP contribution is 2.48. The number of aromatic amines is 1. The van der Waals surface area contributed by atoms with Crippen molar-refractivity contribution in [3.05, 3.63) is 94.1 Å². The molecular formula is C23H16BrN3. The lowest BCUT2D eigenvalue weighted by Gasteiger charge is -2.29. The summed E-state index contributed by atoms with van der Waals surface area (Å²) in [5.41, 5.74) is 7.46. The monoisotopic (exact) mass is 413 g/mol. The molecule has 6 rings (SSSR count). The minimum Gasteiger partial charge on any atom is -0.360 e. The quantitative estimate of drug-likeness (QED) is 0.410. The van der Waals surface area contributed by atoms with Gasteiger partial charge in [0, 0.05) is 27.1 Å². The Labute approximate surface area is 165 Å². The van der Waals surface area contributed by atoms with Crippen molar-refractivity contribution in [1.82, 2.24) is 10.3 Å². The predicted octanol–water partition coefficient (Wildman–Crippen LogP) is 5.74. The molecule has 2 N–H and O–H groups in total. The number of nitrogens with one attached hydrogen (secondary N) is 2. The van der Waals surface area contributed by atoms with Gasteiger partial charge in [0.25, 0.3) is 0 Å². The third kappa shape index (κ3) is 2.17. The van der Waals surface area contributed by atoms with Crippen LogP contribution in [0.4, 0.5) is 0 Å². The Hall–Kier alpha value is -2.85. The second kappa shape index (κ2) is 5.57. The van der Waals surface area contributed by atoms with E-state index in [-0.39, 0.29) is 12.1 Å². The third-order valence-electron chi connectivity index (χ3n) is 5.64. The van der Waals surface area contributed by atoms with Crippen LogP contribution in [0.3, 0.4) is 0 Å². The van der Waals surface area contributed by atoms with Crippen LogP contribution in [0.25, 0.3) is 22.0 Å². The van der Waals surface area contributed by atoms with Crippen LogP contribution in [0.15, 0.2) is 82.4 Å². The van der Waals surface area contributed by atoms with Gasteiger partial charge in [0.1, 0.15) is 11.9 Å². The smallest absolute Gasteiger partial charge is 0.131 e. The van der Waals surface area contributed by atoms with Gasteiger partial charge < -0.3 is 10.3 Å². The molecule has 4 heteroatoms. The molecule has 2 unspecified atom stereocenters. The zero-order valence-corrected chi connectivity index (χ0v) is 16.0. The average Bonchev–Trinajstić information content (AvgIpc) is 3.32. The largest absolute Gasteiger partial charge is 0.360 e. The molecule has 2 atom stereocenters. The summed E-state index contributed by atoms with van der Waals surface area (Å²) in [5, 5.41) is 4.90. The van der Waals surface area contributed by atoms with Crippen LogP contribution in [-0.2, 0) is 0 Å². The third-order valence-corrected chi connectivity index (χ3v) is 6.13. The molecule has 2 heterocycles. The van der Waals surface area contributed by atoms with Crippen LogP contribution in [0.5, 0.6) is 0 Å². The van der Waals surface area contributed by atoms with E-state index in [1.807, 2.05) is 0 Å². The van der Waals surface area contributed by atoms with E-state index in [0.29, 0.717) is 0 Å². The molecule has 0 saturated carbocycles. The van der Waals surface area contributed by atoms with Crippen molar-refractivity contribution in [1.29, 1.82) is 0 Å². The topological polar surface area (TPSA) is 40.2 Å². The highest BCUT2D eigenvalue weighted by Gasteiger charge is 2.38. The molecule has 4 aromatic rings. The van der Waals surface area contributed by atoms with Crippen LogP contribution in [0.1, 0.15) is 28.8 Å². The highest BCUT2D eigenvalue weighted by molar-refractivity contribution is 9.10. The number of fused-ring (bicyclic) bond motifs is 7. The summed E-state index contributed by atoms with van der Waals surface area (Å²) < 4.78 is 1.07. The summed E-state index contributed by atoms with van der Waals surface area (Å²) in [6.45, 7) is 0. The van der Waals surface area contributed by atoms with E-state index < -0.39 is 0 Å². The van der Waals surface area contributed by atoms with E-state index >= 15 is 0 Å². The van der Waals surface area contributed by atoms with Crippen LogP contribution < -0.4 is 5.32 Å². The predicted molar refractivity (Wildman–Crippen MR) is 113 cm³/mol. The minimum atomic E-state index is 0.100. The first-order chi connectivity index (χ1) is 13.3. The second-order valence-electron chi connectivity index (χ2n) is 7.11. The summed E-state index contributed by atoms with van der Waals surface area (Å²) in [5.74, 6) is 0.959. The van der Waals surface area contributed by atoms with Crippen LogP contribution in [0, 0.1) is 0 Å². The zero-order valence-electron chi connectivity index (χ0n) is 14.4. The standard InChI is InChI=1S/C23H16BrN3/c24-13-9-10-20-18(11-13)19(12-25-20)23-26-21-16-7-3-1-5-14(16)15-6-2-4-8-17(15)22(21)27-23/h1-12,21-22,25H,(H,26,27). The first-order valence-electron chi connectivity index (χ1n) is 9.09. The van der Waals surface area contributed by atoms with Gasteiger partial charge in [-0.25, -0.2) is 0 Å². The molecule has 0 amide bonds. The van der Waals surface area contributed by atoms with E-state index in [0.717, 1.165) is 21.4 Å². The lowest BCUT2D eigenvalue weighted by Crippen LogP contribution is -2.27. The van der Waals surface area contributed by atoms with Gasteiger partial charge in [-0.1, -0.05) is 64.5 Å². The minimum absolute atomic E-state index is 0.100. The SMILES string of the molecule is Brc1ccc2[nH]cc(C3=NC4c5ccccc5-c5ccccc5C4N3)c2c1. The van der Waals surface area contributed by atoms with Crippen molar-refractivity contribution in [3.63, 3.8) is 0 Å². The molecular weight excluding hydrogens is 398 g/mol. The molecule has 3 nitrogen and oxygen atoms in total. The average molecular weight is 414 g/mol. The molecule has 0 spiro atoms. The fraction of sp³-hybridized carbons (Fsp3) is 0.0870. The Bertz CT molecular complexity index is 1240. The normalized spacial score (nSPS) is 19.8. The number of benzene rings is 3. The Balaban J connectivity index is 1.54. The van der Waals surface area contributed by atoms with Crippen molar-refractivity contribution in [2.24, 2.45) is 4.99 Å². The highest BCUT2D eigenvalue weighted by atomic mass is 79.9.